The Morgan fingerprint density at radius 3 is 1.00 bits per heavy atom. The van der Waals surface area contributed by atoms with Gasteiger partial charge in [0.25, 0.3) is 0 Å². The van der Waals surface area contributed by atoms with E-state index in [1.807, 2.05) is 0 Å². The quantitative estimate of drug-likeness (QED) is 0.187. The summed E-state index contributed by atoms with van der Waals surface area (Å²) in [6.45, 7) is 0. The monoisotopic (exact) mass is 172 g/mol. The average Bonchev–Trinajstić information content (AvgIpc) is 1.19. The maximum Gasteiger partial charge on any atom is 1.00 e. The van der Waals surface area contributed by atoms with E-state index in [1.54, 1.807) is 0 Å². The molecule has 0 radical (unpaired) electrons. The topological polar surface area (TPSA) is 141 Å². The van der Waals surface area contributed by atoms with E-state index in [0.717, 1.165) is 0 Å². The Balaban J connectivity index is -0.0000000383. The van der Waals surface area contributed by atoms with Crippen LogP contribution in [-0.4, -0.2) is 39.9 Å². The van der Waals surface area contributed by atoms with E-state index in [0.29, 0.717) is 0 Å². The summed E-state index contributed by atoms with van der Waals surface area (Å²) in [6, 6.07) is 0. The first-order valence-electron chi connectivity index (χ1n) is 1.44. The van der Waals surface area contributed by atoms with E-state index >= 15 is 0 Å². The van der Waals surface area contributed by atoms with Gasteiger partial charge in [-0.1, -0.05) is 0 Å². The molecule has 0 fully saturated rings. The second kappa shape index (κ2) is 11.0. The van der Waals surface area contributed by atoms with Crippen LogP contribution in [0.25, 0.3) is 0 Å². The van der Waals surface area contributed by atoms with Crippen molar-refractivity contribution in [3.63, 3.8) is 0 Å². The molecular formula is H3BLi2O7S. The Bertz CT molecular complexity index is 128. The van der Waals surface area contributed by atoms with E-state index < -0.39 is 17.7 Å². The fraction of sp³-hybridized carbons (Fsp3) is 0. The average molecular weight is 172 g/mol. The zero-order valence-corrected chi connectivity index (χ0v) is 6.78. The minimum Gasteiger partial charge on any atom is -0.759 e. The number of hydrogen-bond donors (Lipinski definition) is 3. The van der Waals surface area contributed by atoms with Crippen molar-refractivity contribution in [3.05, 3.63) is 0 Å². The molecule has 0 amide bonds. The van der Waals surface area contributed by atoms with Crippen LogP contribution in [0.1, 0.15) is 0 Å². The maximum absolute atomic E-state index is 8.52. The van der Waals surface area contributed by atoms with E-state index in [-0.39, 0.29) is 37.7 Å². The van der Waals surface area contributed by atoms with Gasteiger partial charge in [-0.3, -0.25) is 8.42 Å². The van der Waals surface area contributed by atoms with Crippen LogP contribution in [0.5, 0.6) is 0 Å². The molecule has 0 aromatic heterocycles. The molecule has 0 aliphatic rings. The van der Waals surface area contributed by atoms with Crippen LogP contribution in [0.3, 0.4) is 0 Å². The molecule has 0 rings (SSSR count). The van der Waals surface area contributed by atoms with Gasteiger partial charge >= 0.3 is 45.0 Å². The molecule has 0 aliphatic heterocycles. The molecule has 0 atom stereocenters. The Kier molecular flexibility index (Phi) is 22.7. The van der Waals surface area contributed by atoms with E-state index in [9.17, 15) is 0 Å². The molecule has 11 heteroatoms. The minimum atomic E-state index is -5.17. The van der Waals surface area contributed by atoms with E-state index in [4.69, 9.17) is 32.6 Å². The third-order valence-corrected chi connectivity index (χ3v) is 0. The third kappa shape index (κ3) is 877. The van der Waals surface area contributed by atoms with Gasteiger partial charge < -0.3 is 24.2 Å². The van der Waals surface area contributed by atoms with E-state index in [1.165, 1.54) is 0 Å². The van der Waals surface area contributed by atoms with Gasteiger partial charge in [-0.2, -0.15) is 0 Å². The summed E-state index contributed by atoms with van der Waals surface area (Å²) in [5, 5.41) is 21.5. The molecular weight excluding hydrogens is 169 g/mol. The van der Waals surface area contributed by atoms with Gasteiger partial charge in [0.15, 0.2) is 0 Å². The van der Waals surface area contributed by atoms with Crippen molar-refractivity contribution >= 4 is 17.7 Å². The molecule has 7 nitrogen and oxygen atoms in total. The first-order chi connectivity index (χ1) is 3.73. The molecule has 11 heavy (non-hydrogen) atoms. The molecule has 0 heterocycles. The van der Waals surface area contributed by atoms with Gasteiger partial charge in [0, 0.05) is 10.4 Å². The predicted octanol–water partition coefficient (Wildman–Crippen LogP) is -9.38. The second-order valence-electron chi connectivity index (χ2n) is 0.755. The molecule has 0 bridgehead atoms. The van der Waals surface area contributed by atoms with Crippen LogP contribution in [0.15, 0.2) is 0 Å². The zero-order valence-electron chi connectivity index (χ0n) is 5.96. The minimum absolute atomic E-state index is 0. The Labute approximate surface area is 87.9 Å². The Morgan fingerprint density at radius 1 is 1.00 bits per heavy atom. The standard InChI is InChI=1S/BH3O3.2Li.H2O4S/c2-1(3)4;;;1-5(2,3)4/h2-4H;;;(H2,1,2,3,4)/q;2*+1;/p-2. The van der Waals surface area contributed by atoms with Crippen LogP contribution in [0.4, 0.5) is 0 Å². The van der Waals surface area contributed by atoms with Crippen LogP contribution < -0.4 is 37.7 Å². The van der Waals surface area contributed by atoms with Crippen LogP contribution >= 0.6 is 0 Å². The van der Waals surface area contributed by atoms with Crippen molar-refractivity contribution < 1.29 is 70.3 Å². The molecule has 0 unspecified atom stereocenters. The van der Waals surface area contributed by atoms with Gasteiger partial charge in [-0.15, -0.1) is 0 Å². The number of hydrogen-bond acceptors (Lipinski definition) is 7. The molecule has 56 valence electrons. The molecule has 0 aromatic carbocycles. The molecule has 0 spiro atoms. The van der Waals surface area contributed by atoms with Crippen molar-refractivity contribution in [1.29, 1.82) is 0 Å². The molecule has 0 saturated heterocycles. The molecule has 0 aliphatic carbocycles. The van der Waals surface area contributed by atoms with Crippen LogP contribution in [0, 0.1) is 0 Å². The predicted molar refractivity (Wildman–Crippen MR) is 22.9 cm³/mol. The van der Waals surface area contributed by atoms with Crippen molar-refractivity contribution in [2.24, 2.45) is 0 Å². The fourth-order valence-electron chi connectivity index (χ4n) is 0. The second-order valence-corrected chi connectivity index (χ2v) is 1.57. The Hall–Kier alpha value is 1.01. The first-order valence-corrected chi connectivity index (χ1v) is 2.77. The normalized spacial score (nSPS) is 7.73. The zero-order chi connectivity index (χ0) is 8.08. The smallest absolute Gasteiger partial charge is 0.759 e. The summed E-state index contributed by atoms with van der Waals surface area (Å²) < 4.78 is 34.1. The first kappa shape index (κ1) is 22.7. The van der Waals surface area contributed by atoms with Crippen molar-refractivity contribution in [2.45, 2.75) is 0 Å². The maximum atomic E-state index is 8.52. The summed E-state index contributed by atoms with van der Waals surface area (Å²) in [7, 11) is -7.33. The summed E-state index contributed by atoms with van der Waals surface area (Å²) in [4.78, 5) is 0. The van der Waals surface area contributed by atoms with Gasteiger partial charge in [0.1, 0.15) is 0 Å². The summed E-state index contributed by atoms with van der Waals surface area (Å²) in [5.41, 5.74) is 0. The molecule has 0 saturated carbocycles. The molecule has 0 aromatic rings. The van der Waals surface area contributed by atoms with E-state index in [2.05, 4.69) is 0 Å². The van der Waals surface area contributed by atoms with Gasteiger partial charge in [-0.05, 0) is 0 Å². The SMILES string of the molecule is O=S(=O)([O-])[O-].OB(O)O.[Li+].[Li+]. The summed E-state index contributed by atoms with van der Waals surface area (Å²) in [5.74, 6) is 0. The van der Waals surface area contributed by atoms with Gasteiger partial charge in [0.05, 0.1) is 0 Å². The Morgan fingerprint density at radius 2 is 1.00 bits per heavy atom. The van der Waals surface area contributed by atoms with Gasteiger partial charge in [-0.25, -0.2) is 0 Å². The number of rotatable bonds is 0. The molecule has 3 N–H and O–H groups in total. The van der Waals surface area contributed by atoms with Crippen molar-refractivity contribution in [2.75, 3.05) is 0 Å². The van der Waals surface area contributed by atoms with Crippen LogP contribution in [-0.2, 0) is 10.4 Å². The van der Waals surface area contributed by atoms with Gasteiger partial charge in [0.2, 0.25) is 0 Å². The fourth-order valence-corrected chi connectivity index (χ4v) is 0. The summed E-state index contributed by atoms with van der Waals surface area (Å²) >= 11 is 0. The van der Waals surface area contributed by atoms with Crippen molar-refractivity contribution in [3.8, 4) is 0 Å². The van der Waals surface area contributed by atoms with Crippen molar-refractivity contribution in [1.82, 2.24) is 0 Å². The third-order valence-electron chi connectivity index (χ3n) is 0. The van der Waals surface area contributed by atoms with Crippen LogP contribution in [0.2, 0.25) is 0 Å². The summed E-state index contributed by atoms with van der Waals surface area (Å²) in [6.07, 6.45) is 0. The largest absolute Gasteiger partial charge is 1.00 e.